The summed E-state index contributed by atoms with van der Waals surface area (Å²) >= 11 is 0. The third-order valence-corrected chi connectivity index (χ3v) is 7.14. The number of amides is 1. The normalized spacial score (nSPS) is 24.3. The molecule has 1 atom stereocenters. The van der Waals surface area contributed by atoms with Crippen molar-refractivity contribution < 1.29 is 13.2 Å². The molecule has 2 heterocycles. The van der Waals surface area contributed by atoms with E-state index in [2.05, 4.69) is 29.3 Å². The van der Waals surface area contributed by atoms with Crippen molar-refractivity contribution in [1.29, 1.82) is 0 Å². The summed E-state index contributed by atoms with van der Waals surface area (Å²) in [5.41, 5.74) is 2.34. The van der Waals surface area contributed by atoms with Crippen molar-refractivity contribution in [2.45, 2.75) is 39.3 Å². The molecular weight excluding hydrogens is 336 g/mol. The summed E-state index contributed by atoms with van der Waals surface area (Å²) in [5.74, 6) is 0.442. The molecule has 0 radical (unpaired) electrons. The molecule has 138 valence electrons. The summed E-state index contributed by atoms with van der Waals surface area (Å²) < 4.78 is 22.9. The van der Waals surface area contributed by atoms with Crippen LogP contribution in [0.1, 0.15) is 37.3 Å². The second kappa shape index (κ2) is 7.87. The molecule has 5 nitrogen and oxygen atoms in total. The first-order chi connectivity index (χ1) is 11.9. The number of hydrogen-bond acceptors (Lipinski definition) is 4. The maximum Gasteiger partial charge on any atom is 0.224 e. The first kappa shape index (κ1) is 18.4. The average Bonchev–Trinajstić information content (AvgIpc) is 2.96. The van der Waals surface area contributed by atoms with Crippen LogP contribution in [0.2, 0.25) is 0 Å². The van der Waals surface area contributed by atoms with Gasteiger partial charge >= 0.3 is 0 Å². The maximum absolute atomic E-state index is 12.1. The minimum absolute atomic E-state index is 0.00772. The molecule has 0 saturated carbocycles. The number of nitrogens with zero attached hydrogens (tertiary/aromatic N) is 1. The van der Waals surface area contributed by atoms with Crippen molar-refractivity contribution >= 4 is 15.7 Å². The zero-order valence-corrected chi connectivity index (χ0v) is 15.7. The fourth-order valence-corrected chi connectivity index (χ4v) is 5.32. The van der Waals surface area contributed by atoms with Crippen molar-refractivity contribution in [1.82, 2.24) is 10.2 Å². The summed E-state index contributed by atoms with van der Waals surface area (Å²) in [7, 11) is -3.01. The van der Waals surface area contributed by atoms with Crippen molar-refractivity contribution in [3.8, 4) is 0 Å². The number of likely N-dealkylation sites (tertiary alicyclic amines) is 1. The van der Waals surface area contributed by atoms with E-state index in [9.17, 15) is 13.2 Å². The van der Waals surface area contributed by atoms with Crippen LogP contribution < -0.4 is 5.32 Å². The van der Waals surface area contributed by atoms with Crippen LogP contribution in [0.4, 0.5) is 0 Å². The number of piperidine rings is 1. The van der Waals surface area contributed by atoms with Gasteiger partial charge in [0.25, 0.3) is 0 Å². The quantitative estimate of drug-likeness (QED) is 0.867. The Balaban J connectivity index is 1.45. The molecule has 0 aromatic heterocycles. The zero-order chi connectivity index (χ0) is 17.9. The monoisotopic (exact) mass is 364 g/mol. The Labute approximate surface area is 150 Å². The van der Waals surface area contributed by atoms with Crippen molar-refractivity contribution in [3.63, 3.8) is 0 Å². The van der Waals surface area contributed by atoms with E-state index in [0.29, 0.717) is 13.0 Å². The van der Waals surface area contributed by atoms with Gasteiger partial charge in [-0.2, -0.15) is 0 Å². The van der Waals surface area contributed by atoms with E-state index < -0.39 is 9.84 Å². The van der Waals surface area contributed by atoms with E-state index in [4.69, 9.17) is 0 Å². The molecule has 2 aliphatic heterocycles. The third kappa shape index (κ3) is 5.28. The van der Waals surface area contributed by atoms with E-state index >= 15 is 0 Å². The van der Waals surface area contributed by atoms with Crippen LogP contribution in [0, 0.1) is 11.8 Å². The number of carbonyl (C=O) groups is 1. The highest BCUT2D eigenvalue weighted by atomic mass is 32.2. The highest BCUT2D eigenvalue weighted by molar-refractivity contribution is 7.91. The van der Waals surface area contributed by atoms with Crippen LogP contribution in [-0.2, 0) is 27.7 Å². The fraction of sp³-hybridized carbons (Fsp3) is 0.632. The number of hydrogen-bond donors (Lipinski definition) is 1. The SMILES string of the molecule is CC1CCN(Cc2ccc(CNC(=O)[C@@H]3CCS(=O)(=O)C3)cc2)CC1. The largest absolute Gasteiger partial charge is 0.352 e. The summed E-state index contributed by atoms with van der Waals surface area (Å²) in [6.45, 7) is 6.10. The zero-order valence-electron chi connectivity index (χ0n) is 14.9. The van der Waals surface area contributed by atoms with Crippen molar-refractivity contribution in [2.24, 2.45) is 11.8 Å². The molecule has 0 bridgehead atoms. The van der Waals surface area contributed by atoms with Crippen molar-refractivity contribution in [2.75, 3.05) is 24.6 Å². The lowest BCUT2D eigenvalue weighted by Gasteiger charge is -2.30. The number of sulfone groups is 1. The molecule has 1 aromatic rings. The van der Waals surface area contributed by atoms with Crippen LogP contribution in [0.3, 0.4) is 0 Å². The van der Waals surface area contributed by atoms with Gasteiger partial charge in [-0.3, -0.25) is 9.69 Å². The van der Waals surface area contributed by atoms with Gasteiger partial charge in [0.05, 0.1) is 17.4 Å². The fourth-order valence-electron chi connectivity index (χ4n) is 3.58. The standard InChI is InChI=1S/C19H28N2O3S/c1-15-6-9-21(10-7-15)13-17-4-2-16(3-5-17)12-20-19(22)18-8-11-25(23,24)14-18/h2-5,15,18H,6-14H2,1H3,(H,20,22)/t18-/m1/s1. The number of rotatable bonds is 5. The number of benzene rings is 1. The Hall–Kier alpha value is -1.40. The molecule has 1 aromatic carbocycles. The van der Waals surface area contributed by atoms with Gasteiger partial charge in [0.15, 0.2) is 9.84 Å². The molecule has 1 N–H and O–H groups in total. The Morgan fingerprint density at radius 2 is 1.76 bits per heavy atom. The average molecular weight is 365 g/mol. The molecule has 0 aliphatic carbocycles. The van der Waals surface area contributed by atoms with Crippen LogP contribution in [-0.4, -0.2) is 43.8 Å². The van der Waals surface area contributed by atoms with Gasteiger partial charge in [0.1, 0.15) is 0 Å². The second-order valence-electron chi connectivity index (χ2n) is 7.59. The molecular formula is C19H28N2O3S. The molecule has 0 unspecified atom stereocenters. The molecule has 2 fully saturated rings. The van der Waals surface area contributed by atoms with Crippen LogP contribution >= 0.6 is 0 Å². The highest BCUT2D eigenvalue weighted by Crippen LogP contribution is 2.19. The van der Waals surface area contributed by atoms with E-state index in [0.717, 1.165) is 18.0 Å². The predicted molar refractivity (Wildman–Crippen MR) is 98.7 cm³/mol. The molecule has 3 rings (SSSR count). The van der Waals surface area contributed by atoms with Crippen LogP contribution in [0.5, 0.6) is 0 Å². The Bertz CT molecular complexity index is 692. The minimum atomic E-state index is -3.01. The van der Waals surface area contributed by atoms with Gasteiger partial charge in [-0.1, -0.05) is 31.2 Å². The Morgan fingerprint density at radius 3 is 2.36 bits per heavy atom. The van der Waals surface area contributed by atoms with Crippen LogP contribution in [0.25, 0.3) is 0 Å². The summed E-state index contributed by atoms with van der Waals surface area (Å²) in [5, 5.41) is 2.87. The first-order valence-corrected chi connectivity index (χ1v) is 11.0. The molecule has 2 aliphatic rings. The minimum Gasteiger partial charge on any atom is -0.352 e. The van der Waals surface area contributed by atoms with E-state index in [1.807, 2.05) is 12.1 Å². The van der Waals surface area contributed by atoms with Gasteiger partial charge in [0, 0.05) is 13.1 Å². The van der Waals surface area contributed by atoms with E-state index in [1.165, 1.54) is 31.5 Å². The van der Waals surface area contributed by atoms with Gasteiger partial charge in [-0.15, -0.1) is 0 Å². The predicted octanol–water partition coefficient (Wildman–Crippen LogP) is 1.97. The lowest BCUT2D eigenvalue weighted by Crippen LogP contribution is -2.32. The molecule has 25 heavy (non-hydrogen) atoms. The molecule has 2 saturated heterocycles. The lowest BCUT2D eigenvalue weighted by atomic mass is 9.99. The smallest absolute Gasteiger partial charge is 0.224 e. The summed E-state index contributed by atoms with van der Waals surface area (Å²) in [6.07, 6.45) is 3.00. The van der Waals surface area contributed by atoms with E-state index in [1.54, 1.807) is 0 Å². The highest BCUT2D eigenvalue weighted by Gasteiger charge is 2.32. The topological polar surface area (TPSA) is 66.5 Å². The summed E-state index contributed by atoms with van der Waals surface area (Å²) in [4.78, 5) is 14.6. The Morgan fingerprint density at radius 1 is 1.12 bits per heavy atom. The van der Waals surface area contributed by atoms with Gasteiger partial charge in [-0.25, -0.2) is 8.42 Å². The van der Waals surface area contributed by atoms with Gasteiger partial charge in [-0.05, 0) is 49.4 Å². The molecule has 6 heteroatoms. The maximum atomic E-state index is 12.1. The van der Waals surface area contributed by atoms with Crippen molar-refractivity contribution in [3.05, 3.63) is 35.4 Å². The third-order valence-electron chi connectivity index (χ3n) is 5.38. The number of carbonyl (C=O) groups excluding carboxylic acids is 1. The van der Waals surface area contributed by atoms with Gasteiger partial charge < -0.3 is 5.32 Å². The molecule has 1 amide bonds. The number of nitrogens with one attached hydrogen (secondary N) is 1. The van der Waals surface area contributed by atoms with Gasteiger partial charge in [0.2, 0.25) is 5.91 Å². The summed E-state index contributed by atoms with van der Waals surface area (Å²) in [6, 6.07) is 8.35. The molecule has 0 spiro atoms. The lowest BCUT2D eigenvalue weighted by molar-refractivity contribution is -0.124. The first-order valence-electron chi connectivity index (χ1n) is 9.19. The second-order valence-corrected chi connectivity index (χ2v) is 9.82. The van der Waals surface area contributed by atoms with Crippen LogP contribution in [0.15, 0.2) is 24.3 Å². The Kier molecular flexibility index (Phi) is 5.79. The van der Waals surface area contributed by atoms with E-state index in [-0.39, 0.29) is 23.3 Å².